The standard InChI is InChI=1S/C23H26N4O5S/c1-26(2)33(31,32)18-11-7-10-17(14-18)24-20(28)15-27-21(29)23(25-22(27)30)13-6-5-9-16-8-3-4-12-19(16)23/h3-4,7-8,10-12,14H,5-6,9,13,15H2,1-2H3,(H,24,28)(H,25,30)/t23-/m0/s1. The third-order valence-corrected chi connectivity index (χ3v) is 7.91. The minimum absolute atomic E-state index is 0.0225. The van der Waals surface area contributed by atoms with Gasteiger partial charge in [-0.1, -0.05) is 30.3 Å². The highest BCUT2D eigenvalue weighted by molar-refractivity contribution is 7.89. The average molecular weight is 471 g/mol. The molecule has 174 valence electrons. The van der Waals surface area contributed by atoms with Crippen molar-refractivity contribution in [1.82, 2.24) is 14.5 Å². The van der Waals surface area contributed by atoms with Crippen LogP contribution in [-0.2, 0) is 31.6 Å². The van der Waals surface area contributed by atoms with E-state index in [4.69, 9.17) is 0 Å². The van der Waals surface area contributed by atoms with Gasteiger partial charge in [0, 0.05) is 19.8 Å². The van der Waals surface area contributed by atoms with Gasteiger partial charge in [-0.25, -0.2) is 17.5 Å². The summed E-state index contributed by atoms with van der Waals surface area (Å²) >= 11 is 0. The highest BCUT2D eigenvalue weighted by Gasteiger charge is 2.53. The molecule has 1 spiro atoms. The Labute approximate surface area is 192 Å². The molecular weight excluding hydrogens is 444 g/mol. The molecule has 1 heterocycles. The molecule has 1 atom stereocenters. The molecule has 4 rings (SSSR count). The van der Waals surface area contributed by atoms with Crippen molar-refractivity contribution in [3.05, 3.63) is 59.7 Å². The van der Waals surface area contributed by atoms with E-state index in [0.717, 1.165) is 39.6 Å². The third-order valence-electron chi connectivity index (χ3n) is 6.10. The molecule has 9 nitrogen and oxygen atoms in total. The first-order valence-electron chi connectivity index (χ1n) is 10.7. The Morgan fingerprint density at radius 2 is 1.88 bits per heavy atom. The molecule has 0 unspecified atom stereocenters. The van der Waals surface area contributed by atoms with Crippen molar-refractivity contribution in [3.63, 3.8) is 0 Å². The van der Waals surface area contributed by atoms with Crippen LogP contribution < -0.4 is 10.6 Å². The fraction of sp³-hybridized carbons (Fsp3) is 0.348. The summed E-state index contributed by atoms with van der Waals surface area (Å²) in [6, 6.07) is 12.8. The summed E-state index contributed by atoms with van der Waals surface area (Å²) in [6.45, 7) is -0.473. The summed E-state index contributed by atoms with van der Waals surface area (Å²) in [5.74, 6) is -1.04. The van der Waals surface area contributed by atoms with Crippen LogP contribution in [0.3, 0.4) is 0 Å². The molecule has 1 aliphatic carbocycles. The van der Waals surface area contributed by atoms with Gasteiger partial charge in [-0.2, -0.15) is 0 Å². The van der Waals surface area contributed by atoms with Crippen LogP contribution in [0.4, 0.5) is 10.5 Å². The Bertz CT molecular complexity index is 1230. The number of carbonyl (C=O) groups is 3. The van der Waals surface area contributed by atoms with Gasteiger partial charge in [0.1, 0.15) is 12.1 Å². The highest BCUT2D eigenvalue weighted by Crippen LogP contribution is 2.38. The van der Waals surface area contributed by atoms with Gasteiger partial charge >= 0.3 is 6.03 Å². The monoisotopic (exact) mass is 470 g/mol. The zero-order chi connectivity index (χ0) is 23.8. The zero-order valence-electron chi connectivity index (χ0n) is 18.5. The van der Waals surface area contributed by atoms with Crippen LogP contribution in [-0.4, -0.2) is 56.1 Å². The van der Waals surface area contributed by atoms with E-state index in [0.29, 0.717) is 6.42 Å². The fourth-order valence-corrected chi connectivity index (χ4v) is 5.35. The molecule has 4 amide bonds. The van der Waals surface area contributed by atoms with E-state index >= 15 is 0 Å². The number of fused-ring (bicyclic) bond motifs is 2. The van der Waals surface area contributed by atoms with Gasteiger partial charge in [0.05, 0.1) is 4.90 Å². The van der Waals surface area contributed by atoms with Crippen molar-refractivity contribution in [2.24, 2.45) is 0 Å². The van der Waals surface area contributed by atoms with Crippen molar-refractivity contribution in [2.75, 3.05) is 26.0 Å². The van der Waals surface area contributed by atoms with Gasteiger partial charge in [0.2, 0.25) is 15.9 Å². The minimum Gasteiger partial charge on any atom is -0.324 e. The number of imide groups is 1. The van der Waals surface area contributed by atoms with E-state index in [1.807, 2.05) is 24.3 Å². The fourth-order valence-electron chi connectivity index (χ4n) is 4.41. The Morgan fingerprint density at radius 3 is 2.64 bits per heavy atom. The Hall–Kier alpha value is -3.24. The quantitative estimate of drug-likeness (QED) is 0.649. The Morgan fingerprint density at radius 1 is 1.12 bits per heavy atom. The zero-order valence-corrected chi connectivity index (χ0v) is 19.3. The lowest BCUT2D eigenvalue weighted by atomic mass is 9.84. The lowest BCUT2D eigenvalue weighted by Gasteiger charge is -2.27. The first-order chi connectivity index (χ1) is 15.6. The predicted molar refractivity (Wildman–Crippen MR) is 122 cm³/mol. The molecule has 2 N–H and O–H groups in total. The van der Waals surface area contributed by atoms with Crippen LogP contribution in [0.25, 0.3) is 0 Å². The van der Waals surface area contributed by atoms with Crippen molar-refractivity contribution in [3.8, 4) is 0 Å². The second kappa shape index (κ2) is 8.60. The molecular formula is C23H26N4O5S. The third kappa shape index (κ3) is 4.11. The largest absolute Gasteiger partial charge is 0.325 e. The van der Waals surface area contributed by atoms with Gasteiger partial charge in [-0.3, -0.25) is 14.5 Å². The van der Waals surface area contributed by atoms with Crippen molar-refractivity contribution < 1.29 is 22.8 Å². The Balaban J connectivity index is 1.54. The maximum absolute atomic E-state index is 13.4. The number of nitrogens with zero attached hydrogens (tertiary/aromatic N) is 2. The molecule has 0 radical (unpaired) electrons. The first kappa shape index (κ1) is 22.9. The van der Waals surface area contributed by atoms with E-state index in [9.17, 15) is 22.8 Å². The molecule has 2 aromatic carbocycles. The van der Waals surface area contributed by atoms with Gasteiger partial charge in [-0.15, -0.1) is 0 Å². The van der Waals surface area contributed by atoms with Crippen LogP contribution in [0.15, 0.2) is 53.4 Å². The number of nitrogens with one attached hydrogen (secondary N) is 2. The molecule has 33 heavy (non-hydrogen) atoms. The summed E-state index contributed by atoms with van der Waals surface area (Å²) in [7, 11) is -0.840. The Kier molecular flexibility index (Phi) is 5.98. The number of anilines is 1. The maximum Gasteiger partial charge on any atom is 0.325 e. The second-order valence-corrected chi connectivity index (χ2v) is 10.6. The maximum atomic E-state index is 13.4. The summed E-state index contributed by atoms with van der Waals surface area (Å²) in [4.78, 5) is 39.8. The molecule has 2 aromatic rings. The van der Waals surface area contributed by atoms with Crippen molar-refractivity contribution in [1.29, 1.82) is 0 Å². The van der Waals surface area contributed by atoms with Gasteiger partial charge < -0.3 is 10.6 Å². The molecule has 1 fully saturated rings. The molecule has 2 aliphatic rings. The highest BCUT2D eigenvalue weighted by atomic mass is 32.2. The van der Waals surface area contributed by atoms with E-state index < -0.39 is 40.0 Å². The van der Waals surface area contributed by atoms with E-state index in [-0.39, 0.29) is 10.6 Å². The summed E-state index contributed by atoms with van der Waals surface area (Å²) in [6.07, 6.45) is 2.98. The lowest BCUT2D eigenvalue weighted by Crippen LogP contribution is -2.44. The van der Waals surface area contributed by atoms with Crippen molar-refractivity contribution in [2.45, 2.75) is 36.1 Å². The van der Waals surface area contributed by atoms with Crippen LogP contribution in [0.1, 0.15) is 30.4 Å². The number of aryl methyl sites for hydroxylation is 1. The number of hydrogen-bond acceptors (Lipinski definition) is 5. The first-order valence-corrected chi connectivity index (χ1v) is 12.1. The van der Waals surface area contributed by atoms with Crippen LogP contribution in [0.5, 0.6) is 0 Å². The number of benzene rings is 2. The average Bonchev–Trinajstić information content (AvgIpc) is 2.91. The molecule has 0 bridgehead atoms. The number of hydrogen-bond donors (Lipinski definition) is 2. The molecule has 0 saturated carbocycles. The summed E-state index contributed by atoms with van der Waals surface area (Å²) < 4.78 is 25.8. The topological polar surface area (TPSA) is 116 Å². The lowest BCUT2D eigenvalue weighted by molar-refractivity contribution is -0.134. The van der Waals surface area contributed by atoms with E-state index in [2.05, 4.69) is 10.6 Å². The summed E-state index contributed by atoms with van der Waals surface area (Å²) in [5.41, 5.74) is 0.896. The molecule has 1 aliphatic heterocycles. The number of carbonyl (C=O) groups excluding carboxylic acids is 3. The van der Waals surface area contributed by atoms with E-state index in [1.165, 1.54) is 32.3 Å². The normalized spacial score (nSPS) is 20.5. The van der Waals surface area contributed by atoms with E-state index in [1.54, 1.807) is 6.07 Å². The smallest absolute Gasteiger partial charge is 0.324 e. The van der Waals surface area contributed by atoms with Gasteiger partial charge in [0.25, 0.3) is 5.91 Å². The number of rotatable bonds is 5. The predicted octanol–water partition coefficient (Wildman–Crippen LogP) is 2.05. The minimum atomic E-state index is -3.67. The summed E-state index contributed by atoms with van der Waals surface area (Å²) in [5, 5.41) is 5.44. The molecule has 0 aromatic heterocycles. The van der Waals surface area contributed by atoms with Crippen LogP contribution >= 0.6 is 0 Å². The number of urea groups is 1. The van der Waals surface area contributed by atoms with Gasteiger partial charge in [-0.05, 0) is 55.0 Å². The van der Waals surface area contributed by atoms with Crippen LogP contribution in [0.2, 0.25) is 0 Å². The second-order valence-electron chi connectivity index (χ2n) is 8.45. The van der Waals surface area contributed by atoms with Crippen molar-refractivity contribution >= 4 is 33.6 Å². The number of sulfonamides is 1. The van der Waals surface area contributed by atoms with Gasteiger partial charge in [0.15, 0.2) is 0 Å². The van der Waals surface area contributed by atoms with Crippen LogP contribution in [0, 0.1) is 0 Å². The number of amides is 4. The molecule has 10 heteroatoms. The SMILES string of the molecule is CN(C)S(=O)(=O)c1cccc(NC(=O)CN2C(=O)N[C@]3(CCCCc4ccccc43)C2=O)c1. The molecule has 1 saturated heterocycles.